The zero-order valence-electron chi connectivity index (χ0n) is 12.2. The number of hydrogen-bond acceptors (Lipinski definition) is 3. The summed E-state index contributed by atoms with van der Waals surface area (Å²) in [4.78, 5) is 24.2. The smallest absolute Gasteiger partial charge is 0.257 e. The normalized spacial score (nSPS) is 10.5. The zero-order valence-corrected chi connectivity index (χ0v) is 13.8. The van der Waals surface area contributed by atoms with E-state index in [1.807, 2.05) is 29.6 Å². The van der Waals surface area contributed by atoms with Gasteiger partial charge >= 0.3 is 0 Å². The van der Waals surface area contributed by atoms with E-state index in [0.717, 1.165) is 10.1 Å². The molecule has 0 unspecified atom stereocenters. The summed E-state index contributed by atoms with van der Waals surface area (Å²) in [5.41, 5.74) is 1.43. The molecular formula is C17H13ClN2O2S. The summed E-state index contributed by atoms with van der Waals surface area (Å²) >= 11 is 7.63. The Labute approximate surface area is 142 Å². The second-order valence-corrected chi connectivity index (χ2v) is 6.19. The second kappa shape index (κ2) is 6.40. The fourth-order valence-electron chi connectivity index (χ4n) is 2.25. The van der Waals surface area contributed by atoms with E-state index >= 15 is 0 Å². The lowest BCUT2D eigenvalue weighted by Gasteiger charge is -2.09. The first-order valence-electron chi connectivity index (χ1n) is 6.89. The molecule has 2 amide bonds. The molecule has 0 saturated carbocycles. The number of hydrogen-bond donors (Lipinski definition) is 2. The second-order valence-electron chi connectivity index (χ2n) is 4.87. The minimum atomic E-state index is -0.251. The van der Waals surface area contributed by atoms with Crippen LogP contribution in [0.1, 0.15) is 20.7 Å². The molecule has 1 heterocycles. The Morgan fingerprint density at radius 1 is 1.09 bits per heavy atom. The fraction of sp³-hybridized carbons (Fsp3) is 0.0588. The summed E-state index contributed by atoms with van der Waals surface area (Å²) in [5.74, 6) is -0.489. The molecule has 3 aromatic rings. The van der Waals surface area contributed by atoms with Gasteiger partial charge in [0.05, 0.1) is 16.3 Å². The van der Waals surface area contributed by atoms with Crippen molar-refractivity contribution in [3.63, 3.8) is 0 Å². The van der Waals surface area contributed by atoms with Gasteiger partial charge < -0.3 is 10.6 Å². The van der Waals surface area contributed by atoms with Crippen molar-refractivity contribution in [1.29, 1.82) is 0 Å². The molecule has 0 saturated heterocycles. The first-order chi connectivity index (χ1) is 11.1. The number of fused-ring (bicyclic) bond motifs is 1. The molecule has 3 rings (SSSR count). The van der Waals surface area contributed by atoms with Crippen LogP contribution in [-0.2, 0) is 0 Å². The summed E-state index contributed by atoms with van der Waals surface area (Å²) in [5, 5.41) is 8.41. The van der Waals surface area contributed by atoms with Crippen LogP contribution < -0.4 is 10.6 Å². The van der Waals surface area contributed by atoms with Gasteiger partial charge in [-0.05, 0) is 24.3 Å². The maximum absolute atomic E-state index is 12.5. The predicted molar refractivity (Wildman–Crippen MR) is 94.6 cm³/mol. The molecule has 0 atom stereocenters. The number of carbonyl (C=O) groups excluding carboxylic acids is 2. The van der Waals surface area contributed by atoms with E-state index in [1.165, 1.54) is 11.3 Å². The number of benzene rings is 2. The number of carbonyl (C=O) groups is 2. The lowest BCUT2D eigenvalue weighted by Crippen LogP contribution is -2.18. The maximum atomic E-state index is 12.5. The molecule has 0 aliphatic heterocycles. The molecular weight excluding hydrogens is 332 g/mol. The minimum Gasteiger partial charge on any atom is -0.355 e. The molecule has 116 valence electrons. The Bertz CT molecular complexity index is 904. The Hall–Kier alpha value is -2.37. The highest BCUT2D eigenvalue weighted by Crippen LogP contribution is 2.28. The molecule has 23 heavy (non-hydrogen) atoms. The number of amides is 2. The topological polar surface area (TPSA) is 58.2 Å². The van der Waals surface area contributed by atoms with E-state index in [2.05, 4.69) is 10.6 Å². The highest BCUT2D eigenvalue weighted by Gasteiger charge is 2.14. The van der Waals surface area contributed by atoms with Crippen LogP contribution in [0, 0.1) is 0 Å². The Balaban J connectivity index is 1.92. The average Bonchev–Trinajstić information content (AvgIpc) is 3.00. The van der Waals surface area contributed by atoms with Crippen molar-refractivity contribution in [2.75, 3.05) is 12.4 Å². The first-order valence-corrected chi connectivity index (χ1v) is 8.15. The third kappa shape index (κ3) is 3.06. The Morgan fingerprint density at radius 2 is 1.87 bits per heavy atom. The van der Waals surface area contributed by atoms with Gasteiger partial charge in [-0.15, -0.1) is 11.3 Å². The molecule has 4 nitrogen and oxygen atoms in total. The summed E-state index contributed by atoms with van der Waals surface area (Å²) in [7, 11) is 1.55. The first kappa shape index (κ1) is 15.5. The lowest BCUT2D eigenvalue weighted by molar-refractivity contribution is 0.0961. The van der Waals surface area contributed by atoms with Crippen LogP contribution in [0.4, 0.5) is 5.69 Å². The third-order valence-corrected chi connectivity index (χ3v) is 4.72. The number of rotatable bonds is 3. The molecule has 0 bridgehead atoms. The summed E-state index contributed by atoms with van der Waals surface area (Å²) < 4.78 is 1.04. The van der Waals surface area contributed by atoms with Crippen LogP contribution in [0.15, 0.2) is 47.8 Å². The third-order valence-electron chi connectivity index (χ3n) is 3.43. The standard InChI is InChI=1S/C17H13ClN2O2S/c1-19-16(21)10-6-7-13(18)14(8-10)20-17(22)12-9-23-15-5-3-2-4-11(12)15/h2-9H,1H3,(H,19,21)(H,20,22). The number of anilines is 1. The maximum Gasteiger partial charge on any atom is 0.257 e. The van der Waals surface area contributed by atoms with Gasteiger partial charge in [-0.1, -0.05) is 29.8 Å². The largest absolute Gasteiger partial charge is 0.355 e. The van der Waals surface area contributed by atoms with E-state index in [9.17, 15) is 9.59 Å². The van der Waals surface area contributed by atoms with E-state index < -0.39 is 0 Å². The SMILES string of the molecule is CNC(=O)c1ccc(Cl)c(NC(=O)c2csc3ccccc23)c1. The lowest BCUT2D eigenvalue weighted by atomic mass is 10.1. The van der Waals surface area contributed by atoms with Crippen LogP contribution in [0.2, 0.25) is 5.02 Å². The van der Waals surface area contributed by atoms with Crippen molar-refractivity contribution in [3.05, 3.63) is 64.0 Å². The van der Waals surface area contributed by atoms with Crippen LogP contribution >= 0.6 is 22.9 Å². The quantitative estimate of drug-likeness (QED) is 0.749. The van der Waals surface area contributed by atoms with Crippen LogP contribution in [0.25, 0.3) is 10.1 Å². The number of nitrogens with one attached hydrogen (secondary N) is 2. The Morgan fingerprint density at radius 3 is 2.65 bits per heavy atom. The molecule has 0 radical (unpaired) electrons. The molecule has 0 spiro atoms. The van der Waals surface area contributed by atoms with Crippen LogP contribution in [0.5, 0.6) is 0 Å². The van der Waals surface area contributed by atoms with Crippen molar-refractivity contribution < 1.29 is 9.59 Å². The van der Waals surface area contributed by atoms with Crippen LogP contribution in [-0.4, -0.2) is 18.9 Å². The zero-order chi connectivity index (χ0) is 16.4. The van der Waals surface area contributed by atoms with Crippen molar-refractivity contribution in [3.8, 4) is 0 Å². The predicted octanol–water partition coefficient (Wildman–Crippen LogP) is 4.17. The van der Waals surface area contributed by atoms with Crippen LogP contribution in [0.3, 0.4) is 0 Å². The highest BCUT2D eigenvalue weighted by atomic mass is 35.5. The van der Waals surface area contributed by atoms with Gasteiger partial charge in [0.2, 0.25) is 0 Å². The van der Waals surface area contributed by atoms with E-state index in [1.54, 1.807) is 25.2 Å². The number of thiophene rings is 1. The molecule has 1 aromatic heterocycles. The Kier molecular flexibility index (Phi) is 4.32. The van der Waals surface area contributed by atoms with Gasteiger partial charge in [0, 0.05) is 28.1 Å². The van der Waals surface area contributed by atoms with E-state index in [-0.39, 0.29) is 11.8 Å². The minimum absolute atomic E-state index is 0.238. The van der Waals surface area contributed by atoms with Gasteiger partial charge in [-0.2, -0.15) is 0 Å². The van der Waals surface area contributed by atoms with Gasteiger partial charge in [0.15, 0.2) is 0 Å². The summed E-state index contributed by atoms with van der Waals surface area (Å²) in [6.07, 6.45) is 0. The number of halogens is 1. The van der Waals surface area contributed by atoms with Gasteiger partial charge in [-0.3, -0.25) is 9.59 Å². The monoisotopic (exact) mass is 344 g/mol. The fourth-order valence-corrected chi connectivity index (χ4v) is 3.36. The van der Waals surface area contributed by atoms with Crippen molar-refractivity contribution in [2.45, 2.75) is 0 Å². The molecule has 6 heteroatoms. The van der Waals surface area contributed by atoms with Gasteiger partial charge in [-0.25, -0.2) is 0 Å². The molecule has 0 aliphatic carbocycles. The molecule has 2 aromatic carbocycles. The molecule has 2 N–H and O–H groups in total. The van der Waals surface area contributed by atoms with Crippen molar-refractivity contribution in [2.24, 2.45) is 0 Å². The van der Waals surface area contributed by atoms with Gasteiger partial charge in [0.1, 0.15) is 0 Å². The molecule has 0 fully saturated rings. The van der Waals surface area contributed by atoms with Gasteiger partial charge in [0.25, 0.3) is 11.8 Å². The highest BCUT2D eigenvalue weighted by molar-refractivity contribution is 7.17. The van der Waals surface area contributed by atoms with Crippen molar-refractivity contribution in [1.82, 2.24) is 5.32 Å². The molecule has 0 aliphatic rings. The summed E-state index contributed by atoms with van der Waals surface area (Å²) in [6, 6.07) is 12.5. The van der Waals surface area contributed by atoms with E-state index in [0.29, 0.717) is 21.8 Å². The summed E-state index contributed by atoms with van der Waals surface area (Å²) in [6.45, 7) is 0. The van der Waals surface area contributed by atoms with Crippen molar-refractivity contribution >= 4 is 50.5 Å². The van der Waals surface area contributed by atoms with E-state index in [4.69, 9.17) is 11.6 Å². The average molecular weight is 345 g/mol.